The number of halogens is 3. The molecule has 0 saturated carbocycles. The molecule has 86 valence electrons. The monoisotopic (exact) mass is 233 g/mol. The maximum Gasteiger partial charge on any atom is 0.417 e. The number of hydrogen-bond acceptors (Lipinski definition) is 4. The Morgan fingerprint density at radius 3 is 2.31 bits per heavy atom. The van der Waals surface area contributed by atoms with Crippen LogP contribution in [-0.2, 0) is 15.7 Å². The number of nitrogens with zero attached hydrogens (tertiary/aromatic N) is 1. The van der Waals surface area contributed by atoms with E-state index in [1.807, 2.05) is 0 Å². The first-order chi connectivity index (χ1) is 7.30. The van der Waals surface area contributed by atoms with Crippen molar-refractivity contribution in [1.29, 1.82) is 0 Å². The molecule has 1 aromatic heterocycles. The average molecular weight is 233 g/mol. The van der Waals surface area contributed by atoms with Gasteiger partial charge >= 0.3 is 18.1 Å². The zero-order valence-electron chi connectivity index (χ0n) is 8.04. The fourth-order valence-electron chi connectivity index (χ4n) is 0.865. The van der Waals surface area contributed by atoms with Crippen LogP contribution in [-0.4, -0.2) is 16.9 Å². The van der Waals surface area contributed by atoms with Crippen molar-refractivity contribution in [2.24, 2.45) is 0 Å². The second kappa shape index (κ2) is 4.30. The van der Waals surface area contributed by atoms with Gasteiger partial charge in [0, 0.05) is 13.1 Å². The van der Waals surface area contributed by atoms with Crippen molar-refractivity contribution in [3.8, 4) is 0 Å². The highest BCUT2D eigenvalue weighted by Crippen LogP contribution is 2.28. The Kier molecular flexibility index (Phi) is 3.26. The van der Waals surface area contributed by atoms with Crippen LogP contribution in [0, 0.1) is 0 Å². The van der Waals surface area contributed by atoms with Crippen molar-refractivity contribution in [1.82, 2.24) is 4.98 Å². The first kappa shape index (κ1) is 12.2. The lowest BCUT2D eigenvalue weighted by Crippen LogP contribution is -2.12. The van der Waals surface area contributed by atoms with Crippen LogP contribution >= 0.6 is 0 Å². The van der Waals surface area contributed by atoms with Crippen molar-refractivity contribution < 1.29 is 27.5 Å². The van der Waals surface area contributed by atoms with Crippen LogP contribution in [0.1, 0.15) is 23.0 Å². The molecule has 0 saturated heterocycles. The Bertz CT molecular complexity index is 411. The normalized spacial score (nSPS) is 11.0. The van der Waals surface area contributed by atoms with Gasteiger partial charge in [-0.15, -0.1) is 0 Å². The molecular weight excluding hydrogens is 227 g/mol. The molecule has 0 aliphatic rings. The van der Waals surface area contributed by atoms with Gasteiger partial charge in [0.2, 0.25) is 0 Å². The number of aromatic nitrogens is 1. The molecule has 16 heavy (non-hydrogen) atoms. The average Bonchev–Trinajstić information content (AvgIpc) is 2.15. The molecule has 0 atom stereocenters. The number of hydrogen-bond donors (Lipinski definition) is 0. The van der Waals surface area contributed by atoms with Gasteiger partial charge in [0.25, 0.3) is 0 Å². The number of ether oxygens (including phenoxy) is 1. The molecule has 1 aromatic rings. The number of rotatable bonds is 1. The van der Waals surface area contributed by atoms with Crippen molar-refractivity contribution in [3.63, 3.8) is 0 Å². The smallest absolute Gasteiger partial charge is 0.388 e. The number of carbonyl (C=O) groups excluding carboxylic acids is 2. The van der Waals surface area contributed by atoms with E-state index < -0.39 is 23.7 Å². The number of alkyl halides is 3. The van der Waals surface area contributed by atoms with E-state index in [-0.39, 0.29) is 5.69 Å². The highest BCUT2D eigenvalue weighted by atomic mass is 19.4. The summed E-state index contributed by atoms with van der Waals surface area (Å²) in [6, 6.07) is 1.53. The summed E-state index contributed by atoms with van der Waals surface area (Å²) in [4.78, 5) is 24.7. The van der Waals surface area contributed by atoms with E-state index in [0.717, 1.165) is 13.0 Å². The van der Waals surface area contributed by atoms with Gasteiger partial charge in [0.15, 0.2) is 0 Å². The fourth-order valence-corrected chi connectivity index (χ4v) is 0.865. The minimum atomic E-state index is -4.52. The van der Waals surface area contributed by atoms with Gasteiger partial charge in [0.05, 0.1) is 5.56 Å². The summed E-state index contributed by atoms with van der Waals surface area (Å²) in [5, 5.41) is 0. The number of carbonyl (C=O) groups is 2. The fraction of sp³-hybridized carbons (Fsp3) is 0.222. The van der Waals surface area contributed by atoms with Crippen molar-refractivity contribution in [3.05, 3.63) is 29.6 Å². The first-order valence-electron chi connectivity index (χ1n) is 4.06. The standard InChI is InChI=1S/C9H6F3NO3/c1-5(14)16-8(15)7-3-2-6(4-13-7)9(10,11)12/h2-4H,1H3. The molecule has 4 nitrogen and oxygen atoms in total. The second-order valence-corrected chi connectivity index (χ2v) is 2.81. The van der Waals surface area contributed by atoms with Gasteiger partial charge in [-0.1, -0.05) is 0 Å². The quantitative estimate of drug-likeness (QED) is 0.548. The minimum Gasteiger partial charge on any atom is -0.388 e. The summed E-state index contributed by atoms with van der Waals surface area (Å²) < 4.78 is 40.5. The summed E-state index contributed by atoms with van der Waals surface area (Å²) in [6.45, 7) is 1.00. The zero-order valence-corrected chi connectivity index (χ0v) is 8.04. The van der Waals surface area contributed by atoms with E-state index in [1.165, 1.54) is 0 Å². The molecule has 7 heteroatoms. The molecule has 0 radical (unpaired) electrons. The van der Waals surface area contributed by atoms with Crippen LogP contribution in [0.2, 0.25) is 0 Å². The predicted octanol–water partition coefficient (Wildman–Crippen LogP) is 1.80. The summed E-state index contributed by atoms with van der Waals surface area (Å²) in [5.41, 5.74) is -1.34. The lowest BCUT2D eigenvalue weighted by molar-refractivity contribution is -0.138. The van der Waals surface area contributed by atoms with Crippen molar-refractivity contribution in [2.45, 2.75) is 13.1 Å². The SMILES string of the molecule is CC(=O)OC(=O)c1ccc(C(F)(F)F)cn1. The largest absolute Gasteiger partial charge is 0.417 e. The molecule has 0 bridgehead atoms. The van der Waals surface area contributed by atoms with Gasteiger partial charge in [-0.3, -0.25) is 4.79 Å². The van der Waals surface area contributed by atoms with Gasteiger partial charge < -0.3 is 4.74 Å². The Balaban J connectivity index is 2.87. The first-order valence-corrected chi connectivity index (χ1v) is 4.06. The predicted molar refractivity (Wildman–Crippen MR) is 45.3 cm³/mol. The van der Waals surface area contributed by atoms with Crippen molar-refractivity contribution >= 4 is 11.9 Å². The third-order valence-corrected chi connectivity index (χ3v) is 1.54. The number of pyridine rings is 1. The second-order valence-electron chi connectivity index (χ2n) is 2.81. The zero-order chi connectivity index (χ0) is 12.3. The van der Waals surface area contributed by atoms with E-state index in [4.69, 9.17) is 0 Å². The Hall–Kier alpha value is -1.92. The minimum absolute atomic E-state index is 0.358. The molecule has 0 aliphatic carbocycles. The number of esters is 2. The van der Waals surface area contributed by atoms with Gasteiger partial charge in [-0.05, 0) is 12.1 Å². The Labute approximate surface area is 88.0 Å². The Morgan fingerprint density at radius 1 is 1.31 bits per heavy atom. The molecule has 0 N–H and O–H groups in total. The topological polar surface area (TPSA) is 56.3 Å². The van der Waals surface area contributed by atoms with E-state index in [0.29, 0.717) is 12.3 Å². The molecule has 0 unspecified atom stereocenters. The molecule has 0 aliphatic heterocycles. The lowest BCUT2D eigenvalue weighted by atomic mass is 10.2. The third kappa shape index (κ3) is 3.04. The van der Waals surface area contributed by atoms with Crippen LogP contribution in [0.3, 0.4) is 0 Å². The molecule has 1 heterocycles. The van der Waals surface area contributed by atoms with E-state index >= 15 is 0 Å². The van der Waals surface area contributed by atoms with Gasteiger partial charge in [-0.25, -0.2) is 9.78 Å². The summed E-state index contributed by atoms with van der Waals surface area (Å²) in [5.74, 6) is -1.94. The van der Waals surface area contributed by atoms with Crippen LogP contribution < -0.4 is 0 Å². The maximum absolute atomic E-state index is 12.1. The molecule has 0 aromatic carbocycles. The Morgan fingerprint density at radius 2 is 1.94 bits per heavy atom. The van der Waals surface area contributed by atoms with Crippen LogP contribution in [0.5, 0.6) is 0 Å². The van der Waals surface area contributed by atoms with Crippen LogP contribution in [0.4, 0.5) is 13.2 Å². The lowest BCUT2D eigenvalue weighted by Gasteiger charge is -2.05. The molecular formula is C9H6F3NO3. The molecule has 0 spiro atoms. The highest BCUT2D eigenvalue weighted by Gasteiger charge is 2.31. The van der Waals surface area contributed by atoms with Crippen LogP contribution in [0.25, 0.3) is 0 Å². The summed E-state index contributed by atoms with van der Waals surface area (Å²) in [6.07, 6.45) is -4.02. The van der Waals surface area contributed by atoms with Gasteiger partial charge in [-0.2, -0.15) is 13.2 Å². The van der Waals surface area contributed by atoms with Crippen molar-refractivity contribution in [2.75, 3.05) is 0 Å². The molecule has 0 amide bonds. The summed E-state index contributed by atoms with van der Waals surface area (Å²) >= 11 is 0. The third-order valence-electron chi connectivity index (χ3n) is 1.54. The van der Waals surface area contributed by atoms with E-state index in [2.05, 4.69) is 9.72 Å². The maximum atomic E-state index is 12.1. The van der Waals surface area contributed by atoms with Crippen LogP contribution in [0.15, 0.2) is 18.3 Å². The van der Waals surface area contributed by atoms with E-state index in [1.54, 1.807) is 0 Å². The molecule has 0 fully saturated rings. The van der Waals surface area contributed by atoms with E-state index in [9.17, 15) is 22.8 Å². The highest BCUT2D eigenvalue weighted by molar-refractivity contribution is 5.94. The summed E-state index contributed by atoms with van der Waals surface area (Å²) in [7, 11) is 0. The molecule has 1 rings (SSSR count). The van der Waals surface area contributed by atoms with Gasteiger partial charge in [0.1, 0.15) is 5.69 Å².